The van der Waals surface area contributed by atoms with Crippen LogP contribution in [0.1, 0.15) is 16.8 Å². The average molecular weight is 252 g/mol. The summed E-state index contributed by atoms with van der Waals surface area (Å²) in [4.78, 5) is 16.0. The predicted molar refractivity (Wildman–Crippen MR) is 68.9 cm³/mol. The molecule has 0 amide bonds. The predicted octanol–water partition coefficient (Wildman–Crippen LogP) is 1.37. The first-order valence-electron chi connectivity index (χ1n) is 5.63. The van der Waals surface area contributed by atoms with E-state index in [1.54, 1.807) is 25.6 Å². The number of aromatic nitrogens is 1. The molecule has 1 aromatic heterocycles. The molecule has 0 aliphatic carbocycles. The normalized spacial score (nSPS) is 19.9. The lowest BCUT2D eigenvalue weighted by molar-refractivity contribution is 0.0971. The number of ether oxygens (including phenoxy) is 1. The van der Waals surface area contributed by atoms with Crippen molar-refractivity contribution >= 4 is 17.5 Å². The number of thioether (sulfide) groups is 1. The standard InChI is InChI=1S/C12H16N2O2S/c1-16-11-4-9(6-13-7-11)12(15)5-10-8-17-3-2-14-10/h4,6-7,10,14H,2-3,5,8H2,1H3. The van der Waals surface area contributed by atoms with E-state index in [1.807, 2.05) is 11.8 Å². The third kappa shape index (κ3) is 3.44. The van der Waals surface area contributed by atoms with Gasteiger partial charge in [0.1, 0.15) is 5.75 Å². The molecule has 1 atom stereocenters. The van der Waals surface area contributed by atoms with Crippen LogP contribution in [0.4, 0.5) is 0 Å². The van der Waals surface area contributed by atoms with Gasteiger partial charge in [-0.3, -0.25) is 9.78 Å². The van der Waals surface area contributed by atoms with Crippen molar-refractivity contribution in [3.8, 4) is 5.75 Å². The van der Waals surface area contributed by atoms with Gasteiger partial charge in [-0.15, -0.1) is 0 Å². The first-order chi connectivity index (χ1) is 8.29. The molecule has 2 heterocycles. The van der Waals surface area contributed by atoms with Crippen molar-refractivity contribution in [2.24, 2.45) is 0 Å². The minimum atomic E-state index is 0.122. The number of hydrogen-bond acceptors (Lipinski definition) is 5. The summed E-state index contributed by atoms with van der Waals surface area (Å²) >= 11 is 1.89. The van der Waals surface area contributed by atoms with Gasteiger partial charge in [-0.05, 0) is 6.07 Å². The maximum absolute atomic E-state index is 12.0. The lowest BCUT2D eigenvalue weighted by atomic mass is 10.1. The number of Topliss-reactive ketones (excluding diaryl/α,β-unsaturated/α-hetero) is 1. The van der Waals surface area contributed by atoms with Crippen LogP contribution in [0.25, 0.3) is 0 Å². The van der Waals surface area contributed by atoms with E-state index in [0.29, 0.717) is 17.7 Å². The molecule has 0 bridgehead atoms. The summed E-state index contributed by atoms with van der Waals surface area (Å²) in [5, 5.41) is 3.36. The molecular formula is C12H16N2O2S. The first kappa shape index (κ1) is 12.4. The Kier molecular flexibility index (Phi) is 4.39. The highest BCUT2D eigenvalue weighted by molar-refractivity contribution is 7.99. The molecular weight excluding hydrogens is 236 g/mol. The van der Waals surface area contributed by atoms with E-state index in [-0.39, 0.29) is 11.8 Å². The third-order valence-corrected chi connectivity index (χ3v) is 3.83. The molecule has 1 aromatic rings. The van der Waals surface area contributed by atoms with Gasteiger partial charge in [0.2, 0.25) is 0 Å². The number of nitrogens with one attached hydrogen (secondary N) is 1. The van der Waals surface area contributed by atoms with Crippen molar-refractivity contribution in [3.63, 3.8) is 0 Å². The Labute approximate surface area is 105 Å². The van der Waals surface area contributed by atoms with Gasteiger partial charge in [0, 0.05) is 42.3 Å². The smallest absolute Gasteiger partial charge is 0.166 e. The summed E-state index contributed by atoms with van der Waals surface area (Å²) in [5.41, 5.74) is 0.627. The maximum atomic E-state index is 12.0. The number of hydrogen-bond donors (Lipinski definition) is 1. The Balaban J connectivity index is 1.98. The van der Waals surface area contributed by atoms with Gasteiger partial charge >= 0.3 is 0 Å². The van der Waals surface area contributed by atoms with E-state index in [9.17, 15) is 4.79 Å². The van der Waals surface area contributed by atoms with E-state index in [1.165, 1.54) is 0 Å². The topological polar surface area (TPSA) is 51.2 Å². The first-order valence-corrected chi connectivity index (χ1v) is 6.78. The largest absolute Gasteiger partial charge is 0.495 e. The third-order valence-electron chi connectivity index (χ3n) is 2.70. The summed E-state index contributed by atoms with van der Waals surface area (Å²) in [6, 6.07) is 2.03. The monoisotopic (exact) mass is 252 g/mol. The summed E-state index contributed by atoms with van der Waals surface area (Å²) in [6.07, 6.45) is 3.73. The van der Waals surface area contributed by atoms with Crippen molar-refractivity contribution in [1.29, 1.82) is 0 Å². The van der Waals surface area contributed by atoms with Crippen LogP contribution < -0.4 is 10.1 Å². The van der Waals surface area contributed by atoms with Crippen LogP contribution in [-0.2, 0) is 0 Å². The van der Waals surface area contributed by atoms with Crippen LogP contribution in [0, 0.1) is 0 Å². The Morgan fingerprint density at radius 2 is 2.53 bits per heavy atom. The summed E-state index contributed by atoms with van der Waals surface area (Å²) in [6.45, 7) is 0.985. The molecule has 0 spiro atoms. The van der Waals surface area contributed by atoms with Gasteiger partial charge in [0.05, 0.1) is 13.3 Å². The Morgan fingerprint density at radius 3 is 3.24 bits per heavy atom. The second-order valence-corrected chi connectivity index (χ2v) is 5.12. The fourth-order valence-corrected chi connectivity index (χ4v) is 2.72. The van der Waals surface area contributed by atoms with Crippen molar-refractivity contribution in [3.05, 3.63) is 24.0 Å². The van der Waals surface area contributed by atoms with Gasteiger partial charge in [-0.2, -0.15) is 11.8 Å². The van der Waals surface area contributed by atoms with E-state index in [4.69, 9.17) is 4.74 Å². The molecule has 17 heavy (non-hydrogen) atoms. The zero-order chi connectivity index (χ0) is 12.1. The van der Waals surface area contributed by atoms with E-state index < -0.39 is 0 Å². The molecule has 5 heteroatoms. The lowest BCUT2D eigenvalue weighted by Gasteiger charge is -2.22. The number of rotatable bonds is 4. The number of carbonyl (C=O) groups is 1. The number of ketones is 1. The van der Waals surface area contributed by atoms with Crippen molar-refractivity contribution in [2.45, 2.75) is 12.5 Å². The van der Waals surface area contributed by atoms with Crippen LogP contribution in [0.15, 0.2) is 18.5 Å². The van der Waals surface area contributed by atoms with E-state index in [2.05, 4.69) is 10.3 Å². The quantitative estimate of drug-likeness (QED) is 0.820. The summed E-state index contributed by atoms with van der Waals surface area (Å²) in [7, 11) is 1.57. The molecule has 1 unspecified atom stereocenters. The molecule has 1 saturated heterocycles. The number of carbonyl (C=O) groups excluding carboxylic acids is 1. The molecule has 1 aliphatic rings. The van der Waals surface area contributed by atoms with Gasteiger partial charge in [0.15, 0.2) is 5.78 Å². The molecule has 92 valence electrons. The fraction of sp³-hybridized carbons (Fsp3) is 0.500. The highest BCUT2D eigenvalue weighted by Crippen LogP contribution is 2.15. The van der Waals surface area contributed by atoms with E-state index in [0.717, 1.165) is 18.1 Å². The van der Waals surface area contributed by atoms with Crippen molar-refractivity contribution < 1.29 is 9.53 Å². The van der Waals surface area contributed by atoms with Crippen molar-refractivity contribution in [1.82, 2.24) is 10.3 Å². The average Bonchev–Trinajstić information content (AvgIpc) is 2.40. The second-order valence-electron chi connectivity index (χ2n) is 3.97. The molecule has 0 radical (unpaired) electrons. The fourth-order valence-electron chi connectivity index (χ4n) is 1.78. The molecule has 0 saturated carbocycles. The number of nitrogens with zero attached hydrogens (tertiary/aromatic N) is 1. The van der Waals surface area contributed by atoms with Gasteiger partial charge in [-0.1, -0.05) is 0 Å². The lowest BCUT2D eigenvalue weighted by Crippen LogP contribution is -2.38. The van der Waals surface area contributed by atoms with Crippen LogP contribution in [0.3, 0.4) is 0 Å². The van der Waals surface area contributed by atoms with Crippen LogP contribution in [0.5, 0.6) is 5.75 Å². The van der Waals surface area contributed by atoms with Gasteiger partial charge in [-0.25, -0.2) is 0 Å². The molecule has 2 rings (SSSR count). The zero-order valence-corrected chi connectivity index (χ0v) is 10.6. The Bertz CT molecular complexity index is 392. The summed E-state index contributed by atoms with van der Waals surface area (Å²) < 4.78 is 5.06. The number of pyridine rings is 1. The number of methoxy groups -OCH3 is 1. The summed E-state index contributed by atoms with van der Waals surface area (Å²) in [5.74, 6) is 2.88. The molecule has 4 nitrogen and oxygen atoms in total. The molecule has 1 aliphatic heterocycles. The molecule has 1 fully saturated rings. The van der Waals surface area contributed by atoms with E-state index >= 15 is 0 Å². The van der Waals surface area contributed by atoms with Crippen LogP contribution in [-0.4, -0.2) is 42.0 Å². The highest BCUT2D eigenvalue weighted by Gasteiger charge is 2.18. The molecule has 1 N–H and O–H groups in total. The zero-order valence-electron chi connectivity index (χ0n) is 9.81. The highest BCUT2D eigenvalue weighted by atomic mass is 32.2. The van der Waals surface area contributed by atoms with Crippen molar-refractivity contribution in [2.75, 3.05) is 25.2 Å². The van der Waals surface area contributed by atoms with Gasteiger partial charge < -0.3 is 10.1 Å². The Hall–Kier alpha value is -1.07. The van der Waals surface area contributed by atoms with Crippen LogP contribution >= 0.6 is 11.8 Å². The minimum Gasteiger partial charge on any atom is -0.495 e. The van der Waals surface area contributed by atoms with Gasteiger partial charge in [0.25, 0.3) is 0 Å². The SMILES string of the molecule is COc1cncc(C(=O)CC2CSCCN2)c1. The minimum absolute atomic E-state index is 0.122. The Morgan fingerprint density at radius 1 is 1.65 bits per heavy atom. The molecule has 0 aromatic carbocycles. The van der Waals surface area contributed by atoms with Crippen LogP contribution in [0.2, 0.25) is 0 Å². The maximum Gasteiger partial charge on any atom is 0.166 e. The second kappa shape index (κ2) is 6.02.